The number of carbonyl (C=O) groups excluding carboxylic acids is 1. The Kier molecular flexibility index (Phi) is 3.66. The number of phenols is 2. The lowest BCUT2D eigenvalue weighted by Crippen LogP contribution is -2.48. The minimum atomic E-state index is -1.08. The minimum Gasteiger partial charge on any atom is -0.508 e. The van der Waals surface area contributed by atoms with E-state index in [1.54, 1.807) is 6.92 Å². The highest BCUT2D eigenvalue weighted by molar-refractivity contribution is 5.82. The predicted octanol–water partition coefficient (Wildman–Crippen LogP) is 1.49. The third-order valence-electron chi connectivity index (χ3n) is 3.51. The number of ether oxygens (including phenoxy) is 1. The minimum absolute atomic E-state index is 0.0849. The molecule has 5 heteroatoms. The number of phenolic OH excluding ortho intramolecular Hbond substituents is 2. The average molecular weight is 265 g/mol. The Morgan fingerprint density at radius 1 is 1.37 bits per heavy atom. The Bertz CT molecular complexity index is 464. The molecule has 1 atom stereocenters. The molecule has 0 bridgehead atoms. The number of carbonyl (C=O) groups is 1. The second kappa shape index (κ2) is 5.09. The van der Waals surface area contributed by atoms with E-state index in [4.69, 9.17) is 4.74 Å². The maximum absolute atomic E-state index is 12.0. The summed E-state index contributed by atoms with van der Waals surface area (Å²) in [7, 11) is 1.32. The smallest absolute Gasteiger partial charge is 0.330 e. The Morgan fingerprint density at radius 3 is 2.42 bits per heavy atom. The van der Waals surface area contributed by atoms with E-state index in [9.17, 15) is 15.0 Å². The summed E-state index contributed by atoms with van der Waals surface area (Å²) in [6, 6.07) is 4.13. The molecule has 0 amide bonds. The van der Waals surface area contributed by atoms with Crippen molar-refractivity contribution in [3.63, 3.8) is 0 Å². The zero-order valence-electron chi connectivity index (χ0n) is 11.1. The summed E-state index contributed by atoms with van der Waals surface area (Å²) in [4.78, 5) is 12.0. The van der Waals surface area contributed by atoms with Crippen molar-refractivity contribution in [2.24, 2.45) is 5.92 Å². The van der Waals surface area contributed by atoms with E-state index in [2.05, 4.69) is 5.32 Å². The van der Waals surface area contributed by atoms with Gasteiger partial charge < -0.3 is 14.9 Å². The lowest BCUT2D eigenvalue weighted by molar-refractivity contribution is -0.148. The Hall–Kier alpha value is -1.75. The summed E-state index contributed by atoms with van der Waals surface area (Å²) in [5, 5.41) is 22.3. The number of benzene rings is 1. The molecule has 1 unspecified atom stereocenters. The van der Waals surface area contributed by atoms with Crippen LogP contribution in [-0.2, 0) is 15.1 Å². The van der Waals surface area contributed by atoms with E-state index in [0.29, 0.717) is 18.0 Å². The van der Waals surface area contributed by atoms with Crippen LogP contribution in [0.2, 0.25) is 0 Å². The highest BCUT2D eigenvalue weighted by atomic mass is 16.5. The molecule has 0 heterocycles. The molecule has 1 aromatic rings. The van der Waals surface area contributed by atoms with Gasteiger partial charge in [0.2, 0.25) is 0 Å². The van der Waals surface area contributed by atoms with Gasteiger partial charge in [0.25, 0.3) is 0 Å². The fraction of sp³-hybridized carbons (Fsp3) is 0.500. The van der Waals surface area contributed by atoms with Crippen LogP contribution in [0.5, 0.6) is 11.5 Å². The normalized spacial score (nSPS) is 17.8. The number of methoxy groups -OCH3 is 1. The molecule has 0 spiro atoms. The number of hydrogen-bond acceptors (Lipinski definition) is 5. The first-order valence-electron chi connectivity index (χ1n) is 6.32. The van der Waals surface area contributed by atoms with Gasteiger partial charge in [0.1, 0.15) is 17.0 Å². The van der Waals surface area contributed by atoms with Crippen LogP contribution in [0.3, 0.4) is 0 Å². The largest absolute Gasteiger partial charge is 0.508 e. The quantitative estimate of drug-likeness (QED) is 0.703. The van der Waals surface area contributed by atoms with Crippen LogP contribution in [0.25, 0.3) is 0 Å². The van der Waals surface area contributed by atoms with Gasteiger partial charge in [-0.3, -0.25) is 5.32 Å². The maximum atomic E-state index is 12.0. The Labute approximate surface area is 112 Å². The second-order valence-corrected chi connectivity index (χ2v) is 5.18. The van der Waals surface area contributed by atoms with Gasteiger partial charge in [-0.1, -0.05) is 0 Å². The van der Waals surface area contributed by atoms with Crippen LogP contribution in [-0.4, -0.2) is 29.8 Å². The summed E-state index contributed by atoms with van der Waals surface area (Å²) in [6.07, 6.45) is 2.32. The first kappa shape index (κ1) is 13.7. The lowest BCUT2D eigenvalue weighted by atomic mass is 9.91. The zero-order valence-corrected chi connectivity index (χ0v) is 11.1. The lowest BCUT2D eigenvalue weighted by Gasteiger charge is -2.29. The van der Waals surface area contributed by atoms with Crippen molar-refractivity contribution in [1.29, 1.82) is 0 Å². The molecule has 0 radical (unpaired) electrons. The molecule has 1 aromatic carbocycles. The van der Waals surface area contributed by atoms with Gasteiger partial charge in [0.05, 0.1) is 7.11 Å². The van der Waals surface area contributed by atoms with E-state index >= 15 is 0 Å². The molecule has 0 saturated heterocycles. The van der Waals surface area contributed by atoms with Crippen LogP contribution < -0.4 is 5.32 Å². The zero-order chi connectivity index (χ0) is 14.0. The molecule has 104 valence electrons. The van der Waals surface area contributed by atoms with Crippen molar-refractivity contribution in [3.8, 4) is 11.5 Å². The predicted molar refractivity (Wildman–Crippen MR) is 69.9 cm³/mol. The first-order valence-corrected chi connectivity index (χ1v) is 6.32. The number of hydrogen-bond donors (Lipinski definition) is 3. The molecule has 5 nitrogen and oxygen atoms in total. The number of aromatic hydroxyl groups is 2. The summed E-state index contributed by atoms with van der Waals surface area (Å²) >= 11 is 0. The summed E-state index contributed by atoms with van der Waals surface area (Å²) in [5.41, 5.74) is -0.592. The molecule has 2 rings (SSSR count). The molecule has 19 heavy (non-hydrogen) atoms. The molecule has 3 N–H and O–H groups in total. The summed E-state index contributed by atoms with van der Waals surface area (Å²) in [6.45, 7) is 2.40. The molecule has 0 aliphatic heterocycles. The fourth-order valence-electron chi connectivity index (χ4n) is 2.05. The summed E-state index contributed by atoms with van der Waals surface area (Å²) in [5.74, 6) is -0.0234. The van der Waals surface area contributed by atoms with Crippen LogP contribution in [0.15, 0.2) is 18.2 Å². The van der Waals surface area contributed by atoms with Crippen molar-refractivity contribution in [3.05, 3.63) is 23.8 Å². The van der Waals surface area contributed by atoms with Crippen LogP contribution >= 0.6 is 0 Å². The van der Waals surface area contributed by atoms with E-state index < -0.39 is 11.5 Å². The van der Waals surface area contributed by atoms with Crippen LogP contribution in [0.4, 0.5) is 0 Å². The van der Waals surface area contributed by atoms with Gasteiger partial charge in [-0.15, -0.1) is 0 Å². The topological polar surface area (TPSA) is 78.8 Å². The van der Waals surface area contributed by atoms with Crippen LogP contribution in [0, 0.1) is 5.92 Å². The van der Waals surface area contributed by atoms with Gasteiger partial charge in [0, 0.05) is 6.07 Å². The molecular weight excluding hydrogens is 246 g/mol. The molecule has 1 fully saturated rings. The summed E-state index contributed by atoms with van der Waals surface area (Å²) < 4.78 is 4.84. The SMILES string of the molecule is COC(=O)C(C)(NCC1CC1)c1cc(O)cc(O)c1. The monoisotopic (exact) mass is 265 g/mol. The average Bonchev–Trinajstić information content (AvgIpc) is 3.17. The van der Waals surface area contributed by atoms with Crippen molar-refractivity contribution in [2.45, 2.75) is 25.3 Å². The van der Waals surface area contributed by atoms with Gasteiger partial charge in [-0.2, -0.15) is 0 Å². The van der Waals surface area contributed by atoms with Crippen molar-refractivity contribution in [2.75, 3.05) is 13.7 Å². The molecule has 1 saturated carbocycles. The first-order chi connectivity index (χ1) is 8.95. The van der Waals surface area contributed by atoms with Gasteiger partial charge in [-0.25, -0.2) is 4.79 Å². The standard InChI is InChI=1S/C14H19NO4/c1-14(13(18)19-2,15-8-9-3-4-9)10-5-11(16)7-12(17)6-10/h5-7,9,15-17H,3-4,8H2,1-2H3. The highest BCUT2D eigenvalue weighted by Crippen LogP contribution is 2.32. The van der Waals surface area contributed by atoms with Gasteiger partial charge in [-0.05, 0) is 49.9 Å². The van der Waals surface area contributed by atoms with Gasteiger partial charge >= 0.3 is 5.97 Å². The van der Waals surface area contributed by atoms with Crippen molar-refractivity contribution in [1.82, 2.24) is 5.32 Å². The number of esters is 1. The van der Waals surface area contributed by atoms with E-state index in [1.807, 2.05) is 0 Å². The van der Waals surface area contributed by atoms with Crippen molar-refractivity contribution >= 4 is 5.97 Å². The molecule has 0 aromatic heterocycles. The Balaban J connectivity index is 2.31. The third kappa shape index (κ3) is 2.98. The number of rotatable bonds is 5. The van der Waals surface area contributed by atoms with E-state index in [0.717, 1.165) is 12.8 Å². The molecule has 1 aliphatic carbocycles. The molecule has 1 aliphatic rings. The maximum Gasteiger partial charge on any atom is 0.330 e. The highest BCUT2D eigenvalue weighted by Gasteiger charge is 2.38. The van der Waals surface area contributed by atoms with E-state index in [-0.39, 0.29) is 11.5 Å². The Morgan fingerprint density at radius 2 is 1.95 bits per heavy atom. The van der Waals surface area contributed by atoms with E-state index in [1.165, 1.54) is 25.3 Å². The second-order valence-electron chi connectivity index (χ2n) is 5.18. The van der Waals surface area contributed by atoms with Gasteiger partial charge in [0.15, 0.2) is 0 Å². The number of nitrogens with one attached hydrogen (secondary N) is 1. The van der Waals surface area contributed by atoms with Crippen LogP contribution in [0.1, 0.15) is 25.3 Å². The van der Waals surface area contributed by atoms with Crippen molar-refractivity contribution < 1.29 is 19.7 Å². The molecular formula is C14H19NO4. The third-order valence-corrected chi connectivity index (χ3v) is 3.51. The fourth-order valence-corrected chi connectivity index (χ4v) is 2.05.